The highest BCUT2D eigenvalue weighted by atomic mass is 32.1. The fourth-order valence-corrected chi connectivity index (χ4v) is 4.12. The summed E-state index contributed by atoms with van der Waals surface area (Å²) in [5.41, 5.74) is 5.87. The van der Waals surface area contributed by atoms with Gasteiger partial charge in [0.15, 0.2) is 6.10 Å². The molecule has 0 aliphatic rings. The van der Waals surface area contributed by atoms with Gasteiger partial charge in [-0.25, -0.2) is 14.2 Å². The van der Waals surface area contributed by atoms with E-state index in [9.17, 15) is 18.8 Å². The van der Waals surface area contributed by atoms with Gasteiger partial charge in [-0.3, -0.25) is 9.59 Å². The van der Waals surface area contributed by atoms with Crippen LogP contribution in [0.5, 0.6) is 5.75 Å². The Morgan fingerprint density at radius 3 is 2.61 bits per heavy atom. The number of benzene rings is 1. The molecule has 8 nitrogen and oxygen atoms in total. The summed E-state index contributed by atoms with van der Waals surface area (Å²) in [5, 5.41) is 4.96. The van der Waals surface area contributed by atoms with Crippen LogP contribution in [0.2, 0.25) is 0 Å². The molecule has 162 valence electrons. The molecule has 2 amide bonds. The van der Waals surface area contributed by atoms with E-state index in [-0.39, 0.29) is 27.9 Å². The quantitative estimate of drug-likeness (QED) is 0.493. The van der Waals surface area contributed by atoms with Crippen LogP contribution in [0.4, 0.5) is 9.39 Å². The highest BCUT2D eigenvalue weighted by Crippen LogP contribution is 2.24. The van der Waals surface area contributed by atoms with Crippen LogP contribution >= 0.6 is 22.7 Å². The molecular weight excluding hydrogens is 445 g/mol. The third-order valence-electron chi connectivity index (χ3n) is 4.02. The summed E-state index contributed by atoms with van der Waals surface area (Å²) >= 11 is 2.21. The van der Waals surface area contributed by atoms with Gasteiger partial charge in [-0.1, -0.05) is 0 Å². The van der Waals surface area contributed by atoms with E-state index >= 15 is 0 Å². The molecule has 31 heavy (non-hydrogen) atoms. The van der Waals surface area contributed by atoms with Crippen molar-refractivity contribution in [1.29, 1.82) is 0 Å². The highest BCUT2D eigenvalue weighted by molar-refractivity contribution is 7.14. The first-order valence-corrected chi connectivity index (χ1v) is 10.7. The van der Waals surface area contributed by atoms with Crippen LogP contribution in [0.25, 0.3) is 0 Å². The number of aryl methyl sites for hydroxylation is 1. The number of anilines is 1. The number of hydrogen-bond donors (Lipinski definition) is 2. The molecule has 0 bridgehead atoms. The van der Waals surface area contributed by atoms with Gasteiger partial charge >= 0.3 is 5.97 Å². The number of nitrogens with one attached hydrogen (secondary N) is 1. The lowest BCUT2D eigenvalue weighted by molar-refractivity contribution is -0.123. The van der Waals surface area contributed by atoms with Crippen LogP contribution in [0.1, 0.15) is 37.7 Å². The SMILES string of the molecule is Cc1nc(COc2ccc(F)cc2)sc1C(=O)OC(C)C(=O)Nc1sccc1C(N)=O. The van der Waals surface area contributed by atoms with Crippen LogP contribution in [0.15, 0.2) is 35.7 Å². The summed E-state index contributed by atoms with van der Waals surface area (Å²) in [5.74, 6) is -1.87. The van der Waals surface area contributed by atoms with Crippen LogP contribution in [0.3, 0.4) is 0 Å². The summed E-state index contributed by atoms with van der Waals surface area (Å²) in [4.78, 5) is 40.7. The predicted octanol–water partition coefficient (Wildman–Crippen LogP) is 3.51. The van der Waals surface area contributed by atoms with Crippen molar-refractivity contribution in [3.8, 4) is 5.75 Å². The smallest absolute Gasteiger partial charge is 0.351 e. The molecule has 0 aliphatic carbocycles. The molecule has 3 aromatic rings. The third kappa shape index (κ3) is 5.64. The molecular formula is C20H18FN3O5S2. The second-order valence-electron chi connectivity index (χ2n) is 6.33. The van der Waals surface area contributed by atoms with E-state index in [0.717, 1.165) is 22.7 Å². The number of carbonyl (C=O) groups excluding carboxylic acids is 3. The van der Waals surface area contributed by atoms with Crippen LogP contribution in [-0.2, 0) is 16.1 Å². The number of ether oxygens (including phenoxy) is 2. The lowest BCUT2D eigenvalue weighted by Gasteiger charge is -2.12. The van der Waals surface area contributed by atoms with Gasteiger partial charge < -0.3 is 20.5 Å². The number of nitrogens with two attached hydrogens (primary N) is 1. The largest absolute Gasteiger partial charge is 0.486 e. The summed E-state index contributed by atoms with van der Waals surface area (Å²) in [6.45, 7) is 3.15. The van der Waals surface area contributed by atoms with E-state index in [4.69, 9.17) is 15.2 Å². The second kappa shape index (κ2) is 9.67. The van der Waals surface area contributed by atoms with Gasteiger partial charge in [0.25, 0.3) is 11.8 Å². The average molecular weight is 464 g/mol. The zero-order chi connectivity index (χ0) is 22.5. The maximum absolute atomic E-state index is 13.0. The Balaban J connectivity index is 1.59. The molecule has 2 aromatic heterocycles. The van der Waals surface area contributed by atoms with Crippen molar-refractivity contribution < 1.29 is 28.2 Å². The Kier molecular flexibility index (Phi) is 6.98. The Hall–Kier alpha value is -3.31. The molecule has 1 aromatic carbocycles. The molecule has 2 heterocycles. The number of aromatic nitrogens is 1. The van der Waals surface area contributed by atoms with E-state index in [1.807, 2.05) is 0 Å². The number of nitrogens with zero attached hydrogens (tertiary/aromatic N) is 1. The van der Waals surface area contributed by atoms with E-state index in [1.54, 1.807) is 12.3 Å². The fourth-order valence-electron chi connectivity index (χ4n) is 2.46. The number of halogens is 1. The van der Waals surface area contributed by atoms with Crippen molar-refractivity contribution >= 4 is 45.5 Å². The molecule has 11 heteroatoms. The minimum Gasteiger partial charge on any atom is -0.486 e. The third-order valence-corrected chi connectivity index (χ3v) is 5.96. The average Bonchev–Trinajstić information content (AvgIpc) is 3.33. The van der Waals surface area contributed by atoms with Crippen LogP contribution in [-0.4, -0.2) is 28.9 Å². The zero-order valence-corrected chi connectivity index (χ0v) is 18.1. The number of carbonyl (C=O) groups is 3. The van der Waals surface area contributed by atoms with Gasteiger partial charge in [-0.2, -0.15) is 0 Å². The van der Waals surface area contributed by atoms with Crippen molar-refractivity contribution in [3.05, 3.63) is 62.7 Å². The number of hydrogen-bond acceptors (Lipinski definition) is 8. The summed E-state index contributed by atoms with van der Waals surface area (Å²) in [6.07, 6.45) is -1.12. The van der Waals surface area contributed by atoms with E-state index < -0.39 is 23.9 Å². The van der Waals surface area contributed by atoms with Gasteiger partial charge in [-0.15, -0.1) is 22.7 Å². The minimum atomic E-state index is -1.12. The van der Waals surface area contributed by atoms with Crippen molar-refractivity contribution in [2.45, 2.75) is 26.6 Å². The normalized spacial score (nSPS) is 11.6. The summed E-state index contributed by atoms with van der Waals surface area (Å²) in [7, 11) is 0. The molecule has 1 atom stereocenters. The molecule has 3 N–H and O–H groups in total. The van der Waals surface area contributed by atoms with Gasteiger partial charge in [0, 0.05) is 0 Å². The van der Waals surface area contributed by atoms with Crippen LogP contribution < -0.4 is 15.8 Å². The molecule has 0 spiro atoms. The van der Waals surface area contributed by atoms with Crippen molar-refractivity contribution in [2.75, 3.05) is 5.32 Å². The first-order chi connectivity index (χ1) is 14.7. The standard InChI is InChI=1S/C20H18FN3O5S2/c1-10-16(31-15(23-10)9-28-13-5-3-12(21)4-6-13)20(27)29-11(2)18(26)24-19-14(17(22)25)7-8-30-19/h3-8,11H,9H2,1-2H3,(H2,22,25)(H,24,26). The predicted molar refractivity (Wildman–Crippen MR) is 114 cm³/mol. The Labute approximate surface area is 184 Å². The van der Waals surface area contributed by atoms with Crippen LogP contribution in [0, 0.1) is 12.7 Å². The molecule has 0 aliphatic heterocycles. The molecule has 0 saturated carbocycles. The lowest BCUT2D eigenvalue weighted by Crippen LogP contribution is -2.30. The Morgan fingerprint density at radius 1 is 1.23 bits per heavy atom. The fraction of sp³-hybridized carbons (Fsp3) is 0.200. The second-order valence-corrected chi connectivity index (χ2v) is 8.33. The Bertz CT molecular complexity index is 1110. The monoisotopic (exact) mass is 463 g/mol. The topological polar surface area (TPSA) is 121 Å². The van der Waals surface area contributed by atoms with E-state index in [0.29, 0.717) is 16.5 Å². The van der Waals surface area contributed by atoms with E-state index in [2.05, 4.69) is 10.3 Å². The molecule has 0 fully saturated rings. The highest BCUT2D eigenvalue weighted by Gasteiger charge is 2.24. The molecule has 3 rings (SSSR count). The molecule has 1 unspecified atom stereocenters. The zero-order valence-electron chi connectivity index (χ0n) is 16.5. The first-order valence-electron chi connectivity index (χ1n) is 8.98. The molecule has 0 saturated heterocycles. The van der Waals surface area contributed by atoms with Crippen molar-refractivity contribution in [1.82, 2.24) is 4.98 Å². The lowest BCUT2D eigenvalue weighted by atomic mass is 10.3. The number of thiophene rings is 1. The summed E-state index contributed by atoms with van der Waals surface area (Å²) < 4.78 is 23.7. The number of thiazole rings is 1. The maximum Gasteiger partial charge on any atom is 0.351 e. The summed E-state index contributed by atoms with van der Waals surface area (Å²) in [6, 6.07) is 7.03. The van der Waals surface area contributed by atoms with E-state index in [1.165, 1.54) is 37.3 Å². The first kappa shape index (κ1) is 22.4. The van der Waals surface area contributed by atoms with Crippen molar-refractivity contribution in [2.24, 2.45) is 5.73 Å². The van der Waals surface area contributed by atoms with Gasteiger partial charge in [0.2, 0.25) is 0 Å². The number of esters is 1. The number of amides is 2. The van der Waals surface area contributed by atoms with Crippen molar-refractivity contribution in [3.63, 3.8) is 0 Å². The maximum atomic E-state index is 13.0. The Morgan fingerprint density at radius 2 is 1.94 bits per heavy atom. The number of rotatable bonds is 8. The molecule has 0 radical (unpaired) electrons. The van der Waals surface area contributed by atoms with Gasteiger partial charge in [0.05, 0.1) is 11.3 Å². The minimum absolute atomic E-state index is 0.0920. The van der Waals surface area contributed by atoms with Gasteiger partial charge in [-0.05, 0) is 49.6 Å². The van der Waals surface area contributed by atoms with Gasteiger partial charge in [0.1, 0.15) is 33.1 Å². The number of primary amides is 1.